The molecule has 4 rings (SSSR count). The van der Waals surface area contributed by atoms with Gasteiger partial charge >= 0.3 is 23.9 Å². The van der Waals surface area contributed by atoms with E-state index in [1.807, 2.05) is 24.3 Å². The predicted molar refractivity (Wildman–Crippen MR) is 205 cm³/mol. The number of hydrogen-bond acceptors (Lipinski definition) is 10. The first-order valence-electron chi connectivity index (χ1n) is 19.8. The zero-order valence-electron chi connectivity index (χ0n) is 31.7. The van der Waals surface area contributed by atoms with Gasteiger partial charge in [-0.1, -0.05) is 13.2 Å². The van der Waals surface area contributed by atoms with Crippen LogP contribution in [-0.2, 0) is 28.5 Å². The molecule has 10 heteroatoms. The lowest BCUT2D eigenvalue weighted by Gasteiger charge is -2.37. The first kappa shape index (κ1) is 42.1. The van der Waals surface area contributed by atoms with E-state index >= 15 is 0 Å². The van der Waals surface area contributed by atoms with Crippen molar-refractivity contribution in [3.8, 4) is 11.5 Å². The average Bonchev–Trinajstić information content (AvgIpc) is 3.20. The summed E-state index contributed by atoms with van der Waals surface area (Å²) in [4.78, 5) is 47.8. The van der Waals surface area contributed by atoms with Crippen molar-refractivity contribution in [2.45, 2.75) is 115 Å². The van der Waals surface area contributed by atoms with Crippen LogP contribution in [0.4, 0.5) is 0 Å². The molecular formula is C44H58O10. The molecule has 0 atom stereocenters. The van der Waals surface area contributed by atoms with Gasteiger partial charge in [0.2, 0.25) is 0 Å². The van der Waals surface area contributed by atoms with E-state index in [1.54, 1.807) is 24.3 Å². The topological polar surface area (TPSA) is 124 Å². The highest BCUT2D eigenvalue weighted by Gasteiger charge is 2.33. The van der Waals surface area contributed by atoms with Crippen molar-refractivity contribution in [3.63, 3.8) is 0 Å². The molecule has 10 nitrogen and oxygen atoms in total. The molecule has 0 unspecified atom stereocenters. The Balaban J connectivity index is 1.03. The smallest absolute Gasteiger partial charge is 0.338 e. The van der Waals surface area contributed by atoms with Crippen LogP contribution in [0, 0.1) is 11.8 Å². The van der Waals surface area contributed by atoms with Crippen LogP contribution >= 0.6 is 0 Å². The van der Waals surface area contributed by atoms with Gasteiger partial charge in [0.15, 0.2) is 0 Å². The Morgan fingerprint density at radius 1 is 0.481 bits per heavy atom. The van der Waals surface area contributed by atoms with Crippen LogP contribution in [0.25, 0.3) is 0 Å². The molecule has 0 saturated heterocycles. The third kappa shape index (κ3) is 15.4. The maximum absolute atomic E-state index is 12.8. The van der Waals surface area contributed by atoms with Gasteiger partial charge in [0.25, 0.3) is 0 Å². The molecule has 0 aromatic heterocycles. The molecule has 0 radical (unpaired) electrons. The molecule has 0 heterocycles. The summed E-state index contributed by atoms with van der Waals surface area (Å²) in [6.45, 7) is 8.75. The van der Waals surface area contributed by atoms with E-state index in [2.05, 4.69) is 13.2 Å². The maximum atomic E-state index is 12.8. The van der Waals surface area contributed by atoms with Gasteiger partial charge in [0.1, 0.15) is 23.7 Å². The summed E-state index contributed by atoms with van der Waals surface area (Å²) in [6.07, 6.45) is 17.2. The maximum Gasteiger partial charge on any atom is 0.338 e. The number of carbonyl (C=O) groups is 4. The summed E-state index contributed by atoms with van der Waals surface area (Å²) in [5.74, 6) is 1.30. The second-order valence-corrected chi connectivity index (χ2v) is 14.2. The Hall–Kier alpha value is -4.60. The lowest BCUT2D eigenvalue weighted by Crippen LogP contribution is -2.32. The summed E-state index contributed by atoms with van der Waals surface area (Å²) in [5, 5.41) is 0. The quantitative estimate of drug-likeness (QED) is 0.0471. The summed E-state index contributed by atoms with van der Waals surface area (Å²) in [5.41, 5.74) is 1.06. The number of ether oxygens (including phenoxy) is 6. The fraction of sp³-hybridized carbons (Fsp3) is 0.545. The van der Waals surface area contributed by atoms with E-state index in [-0.39, 0.29) is 36.1 Å². The van der Waals surface area contributed by atoms with E-state index in [1.165, 1.54) is 12.2 Å². The standard InChI is InChI=1S/C44H58O10/c1-3-41(45)51-31-11-7-5-9-29-49-37-21-17-35(18-22-37)43(47)53-39-25-13-33(14-26-39)34-15-27-40(28-16-34)54-44(48)36-19-23-38(24-20-36)50-30-10-6-8-12-32-52-42(46)4-2/h3-4,17-24,33-34,39-40H,1-2,5-16,25-32H2. The second-order valence-electron chi connectivity index (χ2n) is 14.2. The summed E-state index contributed by atoms with van der Waals surface area (Å²) in [6, 6.07) is 14.3. The van der Waals surface area contributed by atoms with Crippen molar-refractivity contribution >= 4 is 23.9 Å². The molecule has 0 aliphatic heterocycles. The molecule has 0 N–H and O–H groups in total. The van der Waals surface area contributed by atoms with Crippen LogP contribution < -0.4 is 9.47 Å². The fourth-order valence-corrected chi connectivity index (χ4v) is 7.13. The minimum absolute atomic E-state index is 0.0638. The molecule has 2 aromatic rings. The second kappa shape index (κ2) is 23.9. The van der Waals surface area contributed by atoms with Crippen LogP contribution in [0.15, 0.2) is 73.8 Å². The van der Waals surface area contributed by atoms with Gasteiger partial charge in [0.05, 0.1) is 37.6 Å². The SMILES string of the molecule is C=CC(=O)OCCCCCCOc1ccc(C(=O)OC2CCC(C3CCC(OC(=O)c4ccc(OCCCCCCOC(=O)C=C)cc4)CC3)CC2)cc1. The molecule has 0 amide bonds. The van der Waals surface area contributed by atoms with Crippen molar-refractivity contribution in [1.29, 1.82) is 0 Å². The van der Waals surface area contributed by atoms with Crippen molar-refractivity contribution in [2.24, 2.45) is 11.8 Å². The van der Waals surface area contributed by atoms with Gasteiger partial charge in [-0.15, -0.1) is 0 Å². The fourth-order valence-electron chi connectivity index (χ4n) is 7.13. The molecule has 2 aromatic carbocycles. The lowest BCUT2D eigenvalue weighted by molar-refractivity contribution is -0.138. The zero-order chi connectivity index (χ0) is 38.4. The van der Waals surface area contributed by atoms with Gasteiger partial charge in [-0.05, 0) is 163 Å². The van der Waals surface area contributed by atoms with E-state index in [0.717, 1.165) is 114 Å². The minimum Gasteiger partial charge on any atom is -0.494 e. The van der Waals surface area contributed by atoms with E-state index < -0.39 is 0 Å². The third-order valence-electron chi connectivity index (χ3n) is 10.3. The first-order valence-corrected chi connectivity index (χ1v) is 19.8. The highest BCUT2D eigenvalue weighted by Crippen LogP contribution is 2.40. The molecule has 0 bridgehead atoms. The van der Waals surface area contributed by atoms with Crippen LogP contribution in [0.2, 0.25) is 0 Å². The number of unbranched alkanes of at least 4 members (excludes halogenated alkanes) is 6. The summed E-state index contributed by atoms with van der Waals surface area (Å²) in [7, 11) is 0. The first-order chi connectivity index (χ1) is 26.3. The van der Waals surface area contributed by atoms with E-state index in [4.69, 9.17) is 28.4 Å². The van der Waals surface area contributed by atoms with Crippen molar-refractivity contribution < 1.29 is 47.6 Å². The monoisotopic (exact) mass is 746 g/mol. The average molecular weight is 747 g/mol. The van der Waals surface area contributed by atoms with Gasteiger partial charge in [0, 0.05) is 12.2 Å². The predicted octanol–water partition coefficient (Wildman–Crippen LogP) is 9.15. The Morgan fingerprint density at radius 2 is 0.815 bits per heavy atom. The van der Waals surface area contributed by atoms with E-state index in [9.17, 15) is 19.2 Å². The van der Waals surface area contributed by atoms with Crippen LogP contribution in [0.3, 0.4) is 0 Å². The molecule has 2 aliphatic rings. The van der Waals surface area contributed by atoms with E-state index in [0.29, 0.717) is 49.4 Å². The van der Waals surface area contributed by atoms with Gasteiger partial charge in [-0.2, -0.15) is 0 Å². The summed E-state index contributed by atoms with van der Waals surface area (Å²) >= 11 is 0. The Bertz CT molecular complexity index is 1340. The van der Waals surface area contributed by atoms with Gasteiger partial charge in [-0.3, -0.25) is 0 Å². The molecule has 0 spiro atoms. The van der Waals surface area contributed by atoms with Crippen LogP contribution in [0.5, 0.6) is 11.5 Å². The molecule has 2 aliphatic carbocycles. The van der Waals surface area contributed by atoms with Crippen molar-refractivity contribution in [3.05, 3.63) is 85.0 Å². The highest BCUT2D eigenvalue weighted by molar-refractivity contribution is 5.90. The number of carbonyl (C=O) groups excluding carboxylic acids is 4. The number of benzene rings is 2. The van der Waals surface area contributed by atoms with Gasteiger partial charge in [-0.25, -0.2) is 19.2 Å². The third-order valence-corrected chi connectivity index (χ3v) is 10.3. The molecular weight excluding hydrogens is 688 g/mol. The molecule has 294 valence electrons. The molecule has 54 heavy (non-hydrogen) atoms. The molecule has 2 saturated carbocycles. The van der Waals surface area contributed by atoms with Crippen molar-refractivity contribution in [2.75, 3.05) is 26.4 Å². The van der Waals surface area contributed by atoms with Crippen molar-refractivity contribution in [1.82, 2.24) is 0 Å². The summed E-state index contributed by atoms with van der Waals surface area (Å²) < 4.78 is 33.3. The van der Waals surface area contributed by atoms with Crippen LogP contribution in [-0.4, -0.2) is 62.5 Å². The number of rotatable bonds is 23. The number of hydrogen-bond donors (Lipinski definition) is 0. The van der Waals surface area contributed by atoms with Crippen LogP contribution in [0.1, 0.15) is 123 Å². The zero-order valence-corrected chi connectivity index (χ0v) is 31.7. The Kier molecular flexibility index (Phi) is 18.7. The Morgan fingerprint density at radius 3 is 1.15 bits per heavy atom. The molecule has 2 fully saturated rings. The minimum atomic E-state index is -0.387. The number of esters is 4. The van der Waals surface area contributed by atoms with Gasteiger partial charge < -0.3 is 28.4 Å². The highest BCUT2D eigenvalue weighted by atomic mass is 16.6. The largest absolute Gasteiger partial charge is 0.494 e. The lowest BCUT2D eigenvalue weighted by atomic mass is 9.72. The Labute approximate surface area is 320 Å². The normalized spacial score (nSPS) is 19.5.